The number of hydrogen-bond acceptors (Lipinski definition) is 7. The standard InChI is InChI=1S/C24H29FN2O6/c1-13(2)20(24(30)32-15(4)14(3)17-7-9-18(25)10-8-17)27-23(29)21-22(33-16(5)28)19(31-6)11-12-26-21/h7-15,20H,1-6H3,(H,27,29)/t14-,15+,20-/m0/s1. The highest BCUT2D eigenvalue weighted by Gasteiger charge is 2.31. The maximum Gasteiger partial charge on any atom is 0.329 e. The number of benzene rings is 1. The Hall–Kier alpha value is -3.49. The van der Waals surface area contributed by atoms with Gasteiger partial charge in [-0.05, 0) is 30.5 Å². The lowest BCUT2D eigenvalue weighted by atomic mass is 9.96. The highest BCUT2D eigenvalue weighted by atomic mass is 19.1. The molecule has 178 valence electrons. The summed E-state index contributed by atoms with van der Waals surface area (Å²) >= 11 is 0. The molecule has 2 rings (SSSR count). The summed E-state index contributed by atoms with van der Waals surface area (Å²) in [5, 5.41) is 2.62. The van der Waals surface area contributed by atoms with E-state index in [0.29, 0.717) is 0 Å². The lowest BCUT2D eigenvalue weighted by molar-refractivity contribution is -0.152. The van der Waals surface area contributed by atoms with E-state index in [9.17, 15) is 18.8 Å². The van der Waals surface area contributed by atoms with Crippen LogP contribution in [0, 0.1) is 11.7 Å². The van der Waals surface area contributed by atoms with Gasteiger partial charge in [-0.2, -0.15) is 0 Å². The van der Waals surface area contributed by atoms with Crippen LogP contribution >= 0.6 is 0 Å². The minimum Gasteiger partial charge on any atom is -0.493 e. The van der Waals surface area contributed by atoms with Crippen molar-refractivity contribution >= 4 is 17.8 Å². The van der Waals surface area contributed by atoms with Crippen LogP contribution in [-0.4, -0.2) is 42.1 Å². The lowest BCUT2D eigenvalue weighted by Crippen LogP contribution is -2.46. The number of nitrogens with zero attached hydrogens (tertiary/aromatic N) is 1. The zero-order valence-corrected chi connectivity index (χ0v) is 19.5. The second-order valence-electron chi connectivity index (χ2n) is 7.96. The van der Waals surface area contributed by atoms with E-state index in [1.165, 1.54) is 38.4 Å². The van der Waals surface area contributed by atoms with Crippen LogP contribution in [0.1, 0.15) is 56.6 Å². The van der Waals surface area contributed by atoms with E-state index >= 15 is 0 Å². The van der Waals surface area contributed by atoms with Crippen LogP contribution in [0.3, 0.4) is 0 Å². The molecule has 0 fully saturated rings. The second-order valence-corrected chi connectivity index (χ2v) is 7.96. The van der Waals surface area contributed by atoms with Crippen molar-refractivity contribution in [3.8, 4) is 11.5 Å². The molecule has 0 saturated carbocycles. The van der Waals surface area contributed by atoms with Gasteiger partial charge in [-0.15, -0.1) is 0 Å². The van der Waals surface area contributed by atoms with Gasteiger partial charge in [0.1, 0.15) is 18.0 Å². The quantitative estimate of drug-likeness (QED) is 0.570. The number of aromatic nitrogens is 1. The van der Waals surface area contributed by atoms with Crippen LogP contribution in [-0.2, 0) is 14.3 Å². The molecular weight excluding hydrogens is 431 g/mol. The normalized spacial score (nSPS) is 13.6. The highest BCUT2D eigenvalue weighted by Crippen LogP contribution is 2.30. The molecule has 1 N–H and O–H groups in total. The molecule has 9 heteroatoms. The first-order valence-electron chi connectivity index (χ1n) is 10.5. The molecule has 0 aliphatic carbocycles. The summed E-state index contributed by atoms with van der Waals surface area (Å²) in [5.74, 6) is -2.85. The Balaban J connectivity index is 2.18. The summed E-state index contributed by atoms with van der Waals surface area (Å²) in [6, 6.07) is 6.42. The average Bonchev–Trinajstić information content (AvgIpc) is 2.76. The number of carbonyl (C=O) groups is 3. The van der Waals surface area contributed by atoms with Gasteiger partial charge in [-0.1, -0.05) is 32.9 Å². The highest BCUT2D eigenvalue weighted by molar-refractivity contribution is 5.98. The number of esters is 2. The maximum absolute atomic E-state index is 13.2. The smallest absolute Gasteiger partial charge is 0.329 e. The molecule has 33 heavy (non-hydrogen) atoms. The van der Waals surface area contributed by atoms with E-state index in [1.807, 2.05) is 6.92 Å². The second kappa shape index (κ2) is 11.4. The van der Waals surface area contributed by atoms with Crippen molar-refractivity contribution in [3.63, 3.8) is 0 Å². The number of rotatable bonds is 9. The van der Waals surface area contributed by atoms with Crippen molar-refractivity contribution in [2.45, 2.75) is 52.7 Å². The molecule has 8 nitrogen and oxygen atoms in total. The van der Waals surface area contributed by atoms with Gasteiger partial charge in [0.05, 0.1) is 7.11 Å². The molecule has 0 saturated heterocycles. The molecule has 0 radical (unpaired) electrons. The van der Waals surface area contributed by atoms with Crippen molar-refractivity contribution in [2.75, 3.05) is 7.11 Å². The molecule has 1 aromatic heterocycles. The summed E-state index contributed by atoms with van der Waals surface area (Å²) in [4.78, 5) is 41.3. The maximum atomic E-state index is 13.2. The molecule has 0 unspecified atom stereocenters. The minimum atomic E-state index is -0.987. The molecule has 3 atom stereocenters. The third-order valence-corrected chi connectivity index (χ3v) is 5.16. The first-order chi connectivity index (χ1) is 15.5. The minimum absolute atomic E-state index is 0.140. The topological polar surface area (TPSA) is 104 Å². The van der Waals surface area contributed by atoms with Crippen molar-refractivity contribution in [1.29, 1.82) is 0 Å². The SMILES string of the molecule is COc1ccnc(C(=O)N[C@H](C(=O)O[C@H](C)[C@H](C)c2ccc(F)cc2)C(C)C)c1OC(C)=O. The molecule has 2 aromatic rings. The van der Waals surface area contributed by atoms with E-state index in [0.717, 1.165) is 5.56 Å². The first kappa shape index (κ1) is 25.8. The summed E-state index contributed by atoms with van der Waals surface area (Å²) < 4.78 is 29.1. The Morgan fingerprint density at radius 1 is 1.03 bits per heavy atom. The number of nitrogens with one attached hydrogen (secondary N) is 1. The predicted molar refractivity (Wildman–Crippen MR) is 119 cm³/mol. The lowest BCUT2D eigenvalue weighted by Gasteiger charge is -2.26. The predicted octanol–water partition coefficient (Wildman–Crippen LogP) is 3.64. The van der Waals surface area contributed by atoms with Gasteiger partial charge in [0.15, 0.2) is 11.4 Å². The van der Waals surface area contributed by atoms with Crippen molar-refractivity contribution in [1.82, 2.24) is 10.3 Å². The fourth-order valence-corrected chi connectivity index (χ4v) is 3.10. The van der Waals surface area contributed by atoms with Crippen molar-refractivity contribution in [3.05, 3.63) is 53.6 Å². The van der Waals surface area contributed by atoms with E-state index in [1.54, 1.807) is 32.9 Å². The Bertz CT molecular complexity index is 993. The Morgan fingerprint density at radius 3 is 2.21 bits per heavy atom. The molecule has 1 heterocycles. The monoisotopic (exact) mass is 460 g/mol. The average molecular weight is 461 g/mol. The van der Waals surface area contributed by atoms with Crippen LogP contribution in [0.4, 0.5) is 4.39 Å². The van der Waals surface area contributed by atoms with Gasteiger partial charge in [0, 0.05) is 25.1 Å². The van der Waals surface area contributed by atoms with Gasteiger partial charge in [0.2, 0.25) is 5.75 Å². The van der Waals surface area contributed by atoms with E-state index in [2.05, 4.69) is 10.3 Å². The molecular formula is C24H29FN2O6. The number of methoxy groups -OCH3 is 1. The fraction of sp³-hybridized carbons (Fsp3) is 0.417. The number of hydrogen-bond donors (Lipinski definition) is 1. The van der Waals surface area contributed by atoms with Crippen LogP contribution in [0.15, 0.2) is 36.5 Å². The van der Waals surface area contributed by atoms with E-state index in [4.69, 9.17) is 14.2 Å². The Labute approximate surface area is 192 Å². The van der Waals surface area contributed by atoms with Crippen molar-refractivity contribution < 1.29 is 33.0 Å². The largest absolute Gasteiger partial charge is 0.493 e. The fourth-order valence-electron chi connectivity index (χ4n) is 3.10. The third-order valence-electron chi connectivity index (χ3n) is 5.16. The molecule has 0 bridgehead atoms. The Kier molecular flexibility index (Phi) is 8.90. The molecule has 0 aliphatic heterocycles. The summed E-state index contributed by atoms with van der Waals surface area (Å²) in [7, 11) is 1.36. The first-order valence-corrected chi connectivity index (χ1v) is 10.5. The number of ether oxygens (including phenoxy) is 3. The van der Waals surface area contributed by atoms with Crippen LogP contribution in [0.2, 0.25) is 0 Å². The number of carbonyl (C=O) groups excluding carboxylic acids is 3. The van der Waals surface area contributed by atoms with Crippen LogP contribution in [0.5, 0.6) is 11.5 Å². The number of halogens is 1. The zero-order valence-electron chi connectivity index (χ0n) is 19.5. The van der Waals surface area contributed by atoms with Gasteiger partial charge in [-0.3, -0.25) is 9.59 Å². The van der Waals surface area contributed by atoms with Crippen molar-refractivity contribution in [2.24, 2.45) is 5.92 Å². The molecule has 0 spiro atoms. The number of pyridine rings is 1. The van der Waals surface area contributed by atoms with Gasteiger partial charge >= 0.3 is 11.9 Å². The Morgan fingerprint density at radius 2 is 1.67 bits per heavy atom. The molecule has 1 aromatic carbocycles. The summed E-state index contributed by atoms with van der Waals surface area (Å²) in [5.41, 5.74) is 0.615. The van der Waals surface area contributed by atoms with Gasteiger partial charge in [0.25, 0.3) is 5.91 Å². The van der Waals surface area contributed by atoms with E-state index in [-0.39, 0.29) is 34.8 Å². The zero-order chi connectivity index (χ0) is 24.7. The number of amides is 1. The van der Waals surface area contributed by atoms with Gasteiger partial charge in [-0.25, -0.2) is 14.2 Å². The third kappa shape index (κ3) is 6.74. The molecule has 1 amide bonds. The summed E-state index contributed by atoms with van der Waals surface area (Å²) in [6.45, 7) is 8.29. The van der Waals surface area contributed by atoms with E-state index < -0.39 is 30.0 Å². The van der Waals surface area contributed by atoms with Crippen LogP contribution < -0.4 is 14.8 Å². The summed E-state index contributed by atoms with van der Waals surface area (Å²) in [6.07, 6.45) is 0.795. The van der Waals surface area contributed by atoms with Gasteiger partial charge < -0.3 is 19.5 Å². The van der Waals surface area contributed by atoms with Crippen LogP contribution in [0.25, 0.3) is 0 Å². The molecule has 0 aliphatic rings.